The molecule has 2 aromatic rings. The van der Waals surface area contributed by atoms with Crippen molar-refractivity contribution in [2.45, 2.75) is 33.4 Å². The molecule has 0 aromatic heterocycles. The van der Waals surface area contributed by atoms with E-state index in [4.69, 9.17) is 0 Å². The number of benzene rings is 2. The predicted molar refractivity (Wildman–Crippen MR) is 119 cm³/mol. The molecule has 0 atom stereocenters. The van der Waals surface area contributed by atoms with Gasteiger partial charge in [0, 0.05) is 18.3 Å². The molecule has 0 aliphatic heterocycles. The van der Waals surface area contributed by atoms with Crippen LogP contribution in [-0.4, -0.2) is 51.9 Å². The monoisotopic (exact) mass is 842 g/mol. The Balaban J connectivity index is -0.00000272. The fourth-order valence-corrected chi connectivity index (χ4v) is 8.31. The second-order valence-corrected chi connectivity index (χ2v) is 13.8. The molecule has 0 fully saturated rings. The van der Waals surface area contributed by atoms with Crippen molar-refractivity contribution in [2.75, 3.05) is 0 Å². The summed E-state index contributed by atoms with van der Waals surface area (Å²) in [7, 11) is -22.8. The zero-order valence-electron chi connectivity index (χ0n) is 19.4. The minimum atomic E-state index is -5.72. The zero-order valence-corrected chi connectivity index (χ0v) is 35.0. The van der Waals surface area contributed by atoms with Crippen molar-refractivity contribution in [3.8, 4) is 11.1 Å². The fraction of sp³-hybridized carbons (Fsp3) is 0.143. The molecule has 2 rings (SSSR count). The summed E-state index contributed by atoms with van der Waals surface area (Å²) in [6, 6.07) is 1.13. The third-order valence-electron chi connectivity index (χ3n) is 4.15. The molecule has 0 saturated carbocycles. The van der Waals surface area contributed by atoms with E-state index in [1.165, 1.54) is 45.2 Å². The van der Waals surface area contributed by atoms with Crippen LogP contribution in [0.5, 0.6) is 0 Å². The van der Waals surface area contributed by atoms with Crippen molar-refractivity contribution < 1.29 is 170 Å². The Bertz CT molecular complexity index is 1490. The molecular weight excluding hydrogens is 834 g/mol. The molecule has 0 heterocycles. The quantitative estimate of drug-likeness (QED) is 0.155. The van der Waals surface area contributed by atoms with Gasteiger partial charge in [-0.1, -0.05) is 0 Å². The van der Waals surface area contributed by atoms with Crippen molar-refractivity contribution in [3.05, 3.63) is 30.4 Å². The van der Waals surface area contributed by atoms with E-state index in [9.17, 15) is 51.9 Å². The van der Waals surface area contributed by atoms with Crippen LogP contribution < -0.4 is 118 Å². The Morgan fingerprint density at radius 1 is 0.528 bits per heavy atom. The van der Waals surface area contributed by atoms with Crippen molar-refractivity contribution in [1.29, 1.82) is 0 Å². The van der Waals surface area contributed by atoms with Gasteiger partial charge in [0.1, 0.15) is 40.5 Å². The minimum absolute atomic E-state index is 0. The summed E-state index contributed by atoms with van der Waals surface area (Å²) in [6.45, 7) is 1.99. The second kappa shape index (κ2) is 15.3. The van der Waals surface area contributed by atoms with E-state index in [0.29, 0.717) is 12.1 Å². The van der Waals surface area contributed by atoms with Gasteiger partial charge in [-0.2, -0.15) is 0 Å². The van der Waals surface area contributed by atoms with Crippen LogP contribution >= 0.6 is 45.2 Å². The summed E-state index contributed by atoms with van der Waals surface area (Å²) < 4.78 is 143. The molecule has 0 unspecified atom stereocenters. The first-order chi connectivity index (χ1) is 14.1. The number of rotatable bonds is 5. The third kappa shape index (κ3) is 9.79. The molecule has 0 amide bonds. The minimum Gasteiger partial charge on any atom is -0.744 e. The van der Waals surface area contributed by atoms with Gasteiger partial charge < -0.3 is 18.2 Å². The first-order valence-electron chi connectivity index (χ1n) is 7.60. The van der Waals surface area contributed by atoms with Crippen molar-refractivity contribution in [1.82, 2.24) is 0 Å². The molecular formula is C14H8I2Na4O12S4. The van der Waals surface area contributed by atoms with Gasteiger partial charge in [-0.25, -0.2) is 33.7 Å². The summed E-state index contributed by atoms with van der Waals surface area (Å²) in [5.74, 6) is 0. The van der Waals surface area contributed by atoms with Gasteiger partial charge >= 0.3 is 118 Å². The van der Waals surface area contributed by atoms with Gasteiger partial charge in [-0.3, -0.25) is 0 Å². The molecule has 0 spiro atoms. The molecule has 178 valence electrons. The van der Waals surface area contributed by atoms with E-state index in [0.717, 1.165) is 13.8 Å². The number of hydrogen-bond donors (Lipinski definition) is 0. The van der Waals surface area contributed by atoms with Crippen molar-refractivity contribution in [3.63, 3.8) is 0 Å². The largest absolute Gasteiger partial charge is 1.00 e. The van der Waals surface area contributed by atoms with E-state index in [1.807, 2.05) is 0 Å². The van der Waals surface area contributed by atoms with Crippen LogP contribution in [0.2, 0.25) is 0 Å². The molecule has 0 N–H and O–H groups in total. The average molecular weight is 842 g/mol. The number of hydrogen-bond acceptors (Lipinski definition) is 12. The van der Waals surface area contributed by atoms with Crippen LogP contribution in [0, 0.1) is 21.0 Å². The normalized spacial score (nSPS) is 11.9. The van der Waals surface area contributed by atoms with Crippen LogP contribution in [-0.2, 0) is 40.5 Å². The zero-order chi connectivity index (χ0) is 25.2. The van der Waals surface area contributed by atoms with Crippen LogP contribution in [0.15, 0.2) is 31.7 Å². The second-order valence-electron chi connectivity index (χ2n) is 6.19. The van der Waals surface area contributed by atoms with Crippen molar-refractivity contribution >= 4 is 85.7 Å². The summed E-state index contributed by atoms with van der Waals surface area (Å²) in [6.07, 6.45) is 0. The van der Waals surface area contributed by atoms with Crippen LogP contribution in [0.4, 0.5) is 0 Å². The topological polar surface area (TPSA) is 229 Å². The smallest absolute Gasteiger partial charge is 0.744 e. The van der Waals surface area contributed by atoms with Crippen molar-refractivity contribution in [2.24, 2.45) is 0 Å². The Kier molecular flexibility index (Phi) is 18.7. The maximum atomic E-state index is 12.0. The molecule has 0 aliphatic rings. The molecule has 36 heavy (non-hydrogen) atoms. The third-order valence-corrected chi connectivity index (χ3v) is 10.1. The molecule has 0 bridgehead atoms. The standard InChI is InChI=1S/C14H12I2O12S4.4Na/c1-5-7(15)3-9(29(17,18)19)11(13(5)31(23,24)25)12-10(30(20,21)22)4-8(16)6(2)14(12)32(26,27)28;;;;/h3-4H,1-2H3,(H,17,18,19)(H,20,21,22)(H,23,24,25)(H,26,27,28);;;;/q;4*+1/p-4. The SMILES string of the molecule is Cc1c(I)cc(S(=O)(=O)[O-])c(-c2c(S(=O)(=O)[O-])cc(I)c(C)c2S(=O)(=O)[O-])c1S(=O)(=O)[O-].[Na+].[Na+].[Na+].[Na+]. The predicted octanol–water partition coefficient (Wildman–Crippen LogP) is -11.2. The Hall–Kier alpha value is 3.54. The summed E-state index contributed by atoms with van der Waals surface area (Å²) >= 11 is 2.77. The van der Waals surface area contributed by atoms with E-state index >= 15 is 0 Å². The summed E-state index contributed by atoms with van der Waals surface area (Å²) in [4.78, 5) is -5.93. The summed E-state index contributed by atoms with van der Waals surface area (Å²) in [5.41, 5.74) is -3.89. The van der Waals surface area contributed by atoms with E-state index in [-0.39, 0.29) is 125 Å². The van der Waals surface area contributed by atoms with E-state index in [2.05, 4.69) is 0 Å². The molecule has 0 radical (unpaired) electrons. The van der Waals surface area contributed by atoms with Gasteiger partial charge in [0.15, 0.2) is 0 Å². The Morgan fingerprint density at radius 3 is 0.917 bits per heavy atom. The molecule has 0 saturated heterocycles. The van der Waals surface area contributed by atoms with E-state index in [1.54, 1.807) is 0 Å². The fourth-order valence-electron chi connectivity index (χ4n) is 2.90. The number of halogens is 2. The van der Waals surface area contributed by atoms with Gasteiger partial charge in [0.25, 0.3) is 0 Å². The molecule has 2 aromatic carbocycles. The molecule has 12 nitrogen and oxygen atoms in total. The maximum absolute atomic E-state index is 12.0. The van der Waals surface area contributed by atoms with E-state index < -0.39 is 82.3 Å². The molecule has 22 heteroatoms. The van der Waals surface area contributed by atoms with Crippen LogP contribution in [0.25, 0.3) is 11.1 Å². The van der Waals surface area contributed by atoms with Gasteiger partial charge in [0.2, 0.25) is 0 Å². The van der Waals surface area contributed by atoms with Gasteiger partial charge in [-0.15, -0.1) is 0 Å². The Labute approximate surface area is 324 Å². The Morgan fingerprint density at radius 2 is 0.750 bits per heavy atom. The maximum Gasteiger partial charge on any atom is 1.00 e. The van der Waals surface area contributed by atoms with Crippen LogP contribution in [0.1, 0.15) is 11.1 Å². The summed E-state index contributed by atoms with van der Waals surface area (Å²) in [5, 5.41) is 0. The van der Waals surface area contributed by atoms with Gasteiger partial charge in [0.05, 0.1) is 19.6 Å². The molecule has 0 aliphatic carbocycles. The average Bonchev–Trinajstić information content (AvgIpc) is 2.54. The first kappa shape index (κ1) is 44.0. The van der Waals surface area contributed by atoms with Gasteiger partial charge in [-0.05, 0) is 82.3 Å². The van der Waals surface area contributed by atoms with Crippen LogP contribution in [0.3, 0.4) is 0 Å². The first-order valence-corrected chi connectivity index (χ1v) is 15.4.